The third kappa shape index (κ3) is 3.91. The second kappa shape index (κ2) is 8.52. The first-order valence-electron chi connectivity index (χ1n) is 10.9. The average Bonchev–Trinajstić information content (AvgIpc) is 3.19. The zero-order valence-corrected chi connectivity index (χ0v) is 18.1. The second-order valence-electron chi connectivity index (χ2n) is 8.69. The monoisotopic (exact) mass is 420 g/mol. The van der Waals surface area contributed by atoms with E-state index in [1.807, 2.05) is 36.8 Å². The van der Waals surface area contributed by atoms with Crippen molar-refractivity contribution in [2.75, 3.05) is 13.1 Å². The summed E-state index contributed by atoms with van der Waals surface area (Å²) in [5, 5.41) is 3.66. The van der Waals surface area contributed by atoms with Gasteiger partial charge in [0.1, 0.15) is 0 Å². The Labute approximate surface area is 182 Å². The normalized spacial score (nSPS) is 32.6. The highest BCUT2D eigenvalue weighted by atomic mass is 32.2. The van der Waals surface area contributed by atoms with Crippen molar-refractivity contribution in [1.29, 1.82) is 0 Å². The molecule has 4 aliphatic heterocycles. The van der Waals surface area contributed by atoms with Crippen molar-refractivity contribution in [3.05, 3.63) is 71.2 Å². The van der Waals surface area contributed by atoms with Gasteiger partial charge in [0.05, 0.1) is 15.8 Å². The van der Waals surface area contributed by atoms with Gasteiger partial charge in [-0.05, 0) is 68.0 Å². The summed E-state index contributed by atoms with van der Waals surface area (Å²) < 4.78 is 0. The van der Waals surface area contributed by atoms with E-state index in [-0.39, 0.29) is 17.2 Å². The SMILES string of the molecule is CC1C=C(C(=O)N[C@@H]2C3CCN(CC3)[C@H]2Cc2cccnc2)SC1c1ccccn1. The lowest BCUT2D eigenvalue weighted by molar-refractivity contribution is -0.119. The number of carbonyl (C=O) groups is 1. The molecule has 0 radical (unpaired) electrons. The summed E-state index contributed by atoms with van der Waals surface area (Å²) in [6.45, 7) is 4.45. The van der Waals surface area contributed by atoms with E-state index in [1.165, 1.54) is 18.4 Å². The number of amides is 1. The Bertz CT molecular complexity index is 911. The van der Waals surface area contributed by atoms with Crippen molar-refractivity contribution in [3.63, 3.8) is 0 Å². The van der Waals surface area contributed by atoms with Crippen LogP contribution in [-0.4, -0.2) is 45.9 Å². The van der Waals surface area contributed by atoms with Crippen LogP contribution in [0.2, 0.25) is 0 Å². The van der Waals surface area contributed by atoms with E-state index in [4.69, 9.17) is 0 Å². The Morgan fingerprint density at radius 1 is 1.20 bits per heavy atom. The smallest absolute Gasteiger partial charge is 0.257 e. The highest BCUT2D eigenvalue weighted by Gasteiger charge is 2.43. The topological polar surface area (TPSA) is 58.1 Å². The molecule has 4 atom stereocenters. The maximum atomic E-state index is 13.3. The quantitative estimate of drug-likeness (QED) is 0.801. The Morgan fingerprint density at radius 3 is 2.80 bits per heavy atom. The first-order valence-corrected chi connectivity index (χ1v) is 11.8. The zero-order chi connectivity index (χ0) is 20.5. The van der Waals surface area contributed by atoms with E-state index in [0.29, 0.717) is 17.9 Å². The predicted octanol–water partition coefficient (Wildman–Crippen LogP) is 3.61. The van der Waals surface area contributed by atoms with Crippen molar-refractivity contribution in [2.24, 2.45) is 11.8 Å². The third-order valence-corrected chi connectivity index (χ3v) is 8.28. The van der Waals surface area contributed by atoms with E-state index in [2.05, 4.69) is 45.3 Å². The lowest BCUT2D eigenvalue weighted by Crippen LogP contribution is -2.64. The maximum absolute atomic E-state index is 13.3. The van der Waals surface area contributed by atoms with Crippen molar-refractivity contribution in [2.45, 2.75) is 43.5 Å². The van der Waals surface area contributed by atoms with Gasteiger partial charge >= 0.3 is 0 Å². The largest absolute Gasteiger partial charge is 0.347 e. The molecule has 2 aromatic heterocycles. The molecule has 2 unspecified atom stereocenters. The van der Waals surface area contributed by atoms with Crippen molar-refractivity contribution >= 4 is 17.7 Å². The lowest BCUT2D eigenvalue weighted by atomic mass is 9.77. The number of rotatable bonds is 5. The van der Waals surface area contributed by atoms with Gasteiger partial charge in [0, 0.05) is 30.7 Å². The number of fused-ring (bicyclic) bond motifs is 3. The van der Waals surface area contributed by atoms with Gasteiger partial charge in [0.25, 0.3) is 5.91 Å². The Kier molecular flexibility index (Phi) is 5.61. The fourth-order valence-electron chi connectivity index (χ4n) is 5.22. The van der Waals surface area contributed by atoms with Crippen molar-refractivity contribution < 1.29 is 4.79 Å². The minimum Gasteiger partial charge on any atom is -0.347 e. The van der Waals surface area contributed by atoms with Crippen LogP contribution >= 0.6 is 11.8 Å². The standard InChI is InChI=1S/C24H28N4OS/c1-16-13-21(30-23(16)19-6-2-3-10-26-19)24(29)27-22-18-7-11-28(12-8-18)20(22)14-17-5-4-9-25-15-17/h2-6,9-10,13,15-16,18,20,22-23H,7-8,11-12,14H2,1H3,(H,27,29)/t16?,20-,22+,23?/m0/s1. The van der Waals surface area contributed by atoms with Crippen molar-refractivity contribution in [1.82, 2.24) is 20.2 Å². The molecule has 0 aromatic carbocycles. The highest BCUT2D eigenvalue weighted by molar-refractivity contribution is 8.04. The molecule has 3 saturated heterocycles. The molecule has 30 heavy (non-hydrogen) atoms. The molecular weight excluding hydrogens is 392 g/mol. The number of hydrogen-bond acceptors (Lipinski definition) is 5. The summed E-state index contributed by atoms with van der Waals surface area (Å²) in [5.74, 6) is 0.945. The van der Waals surface area contributed by atoms with Gasteiger partial charge in [-0.2, -0.15) is 0 Å². The summed E-state index contributed by atoms with van der Waals surface area (Å²) >= 11 is 1.66. The minimum absolute atomic E-state index is 0.0835. The number of piperidine rings is 3. The van der Waals surface area contributed by atoms with E-state index < -0.39 is 0 Å². The second-order valence-corrected chi connectivity index (χ2v) is 9.87. The summed E-state index contributed by atoms with van der Waals surface area (Å²) in [4.78, 5) is 25.5. The fraction of sp³-hybridized carbons (Fsp3) is 0.458. The summed E-state index contributed by atoms with van der Waals surface area (Å²) in [6.07, 6.45) is 11.0. The van der Waals surface area contributed by atoms with Gasteiger partial charge in [-0.3, -0.25) is 19.7 Å². The highest BCUT2D eigenvalue weighted by Crippen LogP contribution is 2.47. The fourth-order valence-corrected chi connectivity index (χ4v) is 6.50. The molecule has 0 spiro atoms. The molecule has 2 aromatic rings. The van der Waals surface area contributed by atoms with Crippen LogP contribution in [0.4, 0.5) is 0 Å². The minimum atomic E-state index is 0.0835. The summed E-state index contributed by atoms with van der Waals surface area (Å²) in [6, 6.07) is 10.7. The van der Waals surface area contributed by atoms with Crippen LogP contribution in [0.15, 0.2) is 59.9 Å². The molecule has 2 bridgehead atoms. The van der Waals surface area contributed by atoms with E-state index in [0.717, 1.165) is 30.1 Å². The number of pyridine rings is 2. The van der Waals surface area contributed by atoms with E-state index in [9.17, 15) is 4.79 Å². The molecule has 6 heterocycles. The Morgan fingerprint density at radius 2 is 2.07 bits per heavy atom. The zero-order valence-electron chi connectivity index (χ0n) is 17.3. The molecule has 6 rings (SSSR count). The van der Waals surface area contributed by atoms with Gasteiger partial charge in [-0.15, -0.1) is 11.8 Å². The molecule has 0 saturated carbocycles. The number of hydrogen-bond donors (Lipinski definition) is 1. The summed E-state index contributed by atoms with van der Waals surface area (Å²) in [5.41, 5.74) is 2.29. The van der Waals surface area contributed by atoms with Crippen LogP contribution in [0.25, 0.3) is 0 Å². The Balaban J connectivity index is 1.30. The molecule has 1 amide bonds. The predicted molar refractivity (Wildman–Crippen MR) is 120 cm³/mol. The average molecular weight is 421 g/mol. The number of allylic oxidation sites excluding steroid dienone is 1. The number of nitrogens with one attached hydrogen (secondary N) is 1. The number of aromatic nitrogens is 2. The molecular formula is C24H28N4OS. The van der Waals surface area contributed by atoms with Gasteiger partial charge in [0.15, 0.2) is 0 Å². The molecule has 0 aliphatic carbocycles. The molecule has 6 heteroatoms. The van der Waals surface area contributed by atoms with E-state index in [1.54, 1.807) is 11.8 Å². The van der Waals surface area contributed by atoms with Gasteiger partial charge in [0.2, 0.25) is 0 Å². The van der Waals surface area contributed by atoms with Crippen LogP contribution < -0.4 is 5.32 Å². The Hall–Kier alpha value is -2.18. The van der Waals surface area contributed by atoms with Crippen molar-refractivity contribution in [3.8, 4) is 0 Å². The molecule has 156 valence electrons. The number of thioether (sulfide) groups is 1. The number of nitrogens with zero attached hydrogens (tertiary/aromatic N) is 3. The number of carbonyl (C=O) groups excluding carboxylic acids is 1. The molecule has 5 nitrogen and oxygen atoms in total. The van der Waals surface area contributed by atoms with Gasteiger partial charge in [-0.1, -0.05) is 25.1 Å². The summed E-state index contributed by atoms with van der Waals surface area (Å²) in [7, 11) is 0. The molecule has 1 N–H and O–H groups in total. The van der Waals surface area contributed by atoms with Crippen LogP contribution in [0.3, 0.4) is 0 Å². The third-order valence-electron chi connectivity index (χ3n) is 6.78. The van der Waals surface area contributed by atoms with Crippen LogP contribution in [-0.2, 0) is 11.2 Å². The molecule has 3 fully saturated rings. The van der Waals surface area contributed by atoms with Gasteiger partial charge < -0.3 is 5.32 Å². The van der Waals surface area contributed by atoms with Crippen LogP contribution in [0.5, 0.6) is 0 Å². The van der Waals surface area contributed by atoms with Gasteiger partial charge in [-0.25, -0.2) is 0 Å². The lowest BCUT2D eigenvalue weighted by Gasteiger charge is -2.51. The first kappa shape index (κ1) is 19.8. The first-order chi connectivity index (χ1) is 14.7. The van der Waals surface area contributed by atoms with Crippen LogP contribution in [0.1, 0.15) is 36.3 Å². The van der Waals surface area contributed by atoms with E-state index >= 15 is 0 Å². The van der Waals surface area contributed by atoms with Crippen LogP contribution in [0, 0.1) is 11.8 Å². The molecule has 4 aliphatic rings. The maximum Gasteiger partial charge on any atom is 0.257 e.